The fourth-order valence-corrected chi connectivity index (χ4v) is 1.17. The molecular formula is C7H14Cl2O. The van der Waals surface area contributed by atoms with Gasteiger partial charge in [0.15, 0.2) is 0 Å². The Morgan fingerprint density at radius 3 is 2.40 bits per heavy atom. The summed E-state index contributed by atoms with van der Waals surface area (Å²) < 4.78 is 0. The second-order valence-electron chi connectivity index (χ2n) is 2.42. The normalized spacial score (nSPS) is 14.1. The van der Waals surface area contributed by atoms with Crippen LogP contribution in [0, 0.1) is 0 Å². The minimum absolute atomic E-state index is 0.319. The standard InChI is InChI=1S/C7H14Cl2O/c1-2-3-4-6(10)5-7(8)9/h6-7,10H,2-5H2,1H3. The topological polar surface area (TPSA) is 20.2 Å². The number of aliphatic hydroxyl groups is 1. The first kappa shape index (κ1) is 10.5. The predicted molar refractivity (Wildman–Crippen MR) is 45.6 cm³/mol. The molecule has 0 aliphatic heterocycles. The van der Waals surface area contributed by atoms with E-state index in [-0.39, 0.29) is 6.10 Å². The van der Waals surface area contributed by atoms with Gasteiger partial charge in [-0.25, -0.2) is 0 Å². The summed E-state index contributed by atoms with van der Waals surface area (Å²) >= 11 is 10.9. The molecule has 3 heteroatoms. The highest BCUT2D eigenvalue weighted by Gasteiger charge is 2.07. The summed E-state index contributed by atoms with van der Waals surface area (Å²) in [6, 6.07) is 0. The largest absolute Gasteiger partial charge is 0.393 e. The van der Waals surface area contributed by atoms with Crippen LogP contribution in [0.2, 0.25) is 0 Å². The van der Waals surface area contributed by atoms with Gasteiger partial charge in [-0.1, -0.05) is 19.8 Å². The third-order valence-electron chi connectivity index (χ3n) is 1.34. The van der Waals surface area contributed by atoms with Gasteiger partial charge in [-0.05, 0) is 6.42 Å². The van der Waals surface area contributed by atoms with E-state index in [4.69, 9.17) is 23.2 Å². The van der Waals surface area contributed by atoms with Crippen LogP contribution in [0.4, 0.5) is 0 Å². The van der Waals surface area contributed by atoms with E-state index in [1.165, 1.54) is 0 Å². The Morgan fingerprint density at radius 2 is 2.00 bits per heavy atom. The Balaban J connectivity index is 3.16. The Labute approximate surface area is 72.3 Å². The van der Waals surface area contributed by atoms with Crippen molar-refractivity contribution >= 4 is 23.2 Å². The van der Waals surface area contributed by atoms with Gasteiger partial charge in [0.2, 0.25) is 0 Å². The maximum Gasteiger partial charge on any atom is 0.110 e. The van der Waals surface area contributed by atoms with E-state index in [1.54, 1.807) is 0 Å². The number of hydrogen-bond acceptors (Lipinski definition) is 1. The molecule has 0 bridgehead atoms. The molecule has 0 saturated heterocycles. The van der Waals surface area contributed by atoms with E-state index in [1.807, 2.05) is 0 Å². The van der Waals surface area contributed by atoms with Crippen LogP contribution < -0.4 is 0 Å². The molecule has 1 atom stereocenters. The molecule has 0 fully saturated rings. The lowest BCUT2D eigenvalue weighted by molar-refractivity contribution is 0.156. The van der Waals surface area contributed by atoms with Gasteiger partial charge >= 0.3 is 0 Å². The van der Waals surface area contributed by atoms with Gasteiger partial charge in [0.05, 0.1) is 6.10 Å². The van der Waals surface area contributed by atoms with Crippen LogP contribution in [0.5, 0.6) is 0 Å². The lowest BCUT2D eigenvalue weighted by atomic mass is 10.1. The number of rotatable bonds is 5. The van der Waals surface area contributed by atoms with E-state index in [0.717, 1.165) is 19.3 Å². The average Bonchev–Trinajstić information content (AvgIpc) is 1.82. The van der Waals surface area contributed by atoms with Crippen LogP contribution >= 0.6 is 23.2 Å². The zero-order chi connectivity index (χ0) is 7.98. The maximum atomic E-state index is 9.18. The third-order valence-corrected chi connectivity index (χ3v) is 1.70. The van der Waals surface area contributed by atoms with Gasteiger partial charge in [-0.3, -0.25) is 0 Å². The van der Waals surface area contributed by atoms with Crippen molar-refractivity contribution in [2.75, 3.05) is 0 Å². The molecule has 0 spiro atoms. The summed E-state index contributed by atoms with van der Waals surface area (Å²) in [5.74, 6) is 0. The molecule has 0 rings (SSSR count). The van der Waals surface area contributed by atoms with Gasteiger partial charge < -0.3 is 5.11 Å². The molecule has 0 aromatic rings. The van der Waals surface area contributed by atoms with E-state index in [0.29, 0.717) is 6.42 Å². The van der Waals surface area contributed by atoms with Crippen molar-refractivity contribution in [3.63, 3.8) is 0 Å². The Morgan fingerprint density at radius 1 is 1.40 bits per heavy atom. The molecule has 1 N–H and O–H groups in total. The van der Waals surface area contributed by atoms with Crippen molar-refractivity contribution in [1.29, 1.82) is 0 Å². The first-order valence-corrected chi connectivity index (χ1v) is 4.50. The molecule has 0 aliphatic carbocycles. The molecule has 0 saturated carbocycles. The number of halogens is 2. The average molecular weight is 185 g/mol. The maximum absolute atomic E-state index is 9.18. The number of unbranched alkanes of at least 4 members (excludes halogenated alkanes) is 1. The summed E-state index contributed by atoms with van der Waals surface area (Å²) in [5.41, 5.74) is 0. The van der Waals surface area contributed by atoms with Crippen molar-refractivity contribution in [1.82, 2.24) is 0 Å². The van der Waals surface area contributed by atoms with Crippen LogP contribution in [-0.2, 0) is 0 Å². The van der Waals surface area contributed by atoms with E-state index >= 15 is 0 Å². The van der Waals surface area contributed by atoms with Crippen molar-refractivity contribution < 1.29 is 5.11 Å². The van der Waals surface area contributed by atoms with E-state index in [9.17, 15) is 5.11 Å². The van der Waals surface area contributed by atoms with E-state index in [2.05, 4.69) is 6.92 Å². The molecule has 1 nitrogen and oxygen atoms in total. The van der Waals surface area contributed by atoms with Crippen LogP contribution in [0.25, 0.3) is 0 Å². The molecule has 1 unspecified atom stereocenters. The Kier molecular flexibility index (Phi) is 6.60. The van der Waals surface area contributed by atoms with Crippen molar-refractivity contribution in [2.24, 2.45) is 0 Å². The fourth-order valence-electron chi connectivity index (χ4n) is 0.763. The van der Waals surface area contributed by atoms with E-state index < -0.39 is 4.84 Å². The van der Waals surface area contributed by atoms with Gasteiger partial charge in [0.25, 0.3) is 0 Å². The van der Waals surface area contributed by atoms with Gasteiger partial charge in [0.1, 0.15) is 4.84 Å². The zero-order valence-electron chi connectivity index (χ0n) is 6.19. The van der Waals surface area contributed by atoms with Gasteiger partial charge in [-0.15, -0.1) is 23.2 Å². The smallest absolute Gasteiger partial charge is 0.110 e. The molecule has 0 aliphatic rings. The van der Waals surface area contributed by atoms with Crippen LogP contribution in [0.1, 0.15) is 32.6 Å². The second kappa shape index (κ2) is 6.26. The summed E-state index contributed by atoms with van der Waals surface area (Å²) in [4.78, 5) is -0.424. The first-order valence-electron chi connectivity index (χ1n) is 3.63. The monoisotopic (exact) mass is 184 g/mol. The van der Waals surface area contributed by atoms with Crippen LogP contribution in [-0.4, -0.2) is 16.0 Å². The minimum atomic E-state index is -0.424. The van der Waals surface area contributed by atoms with Crippen LogP contribution in [0.3, 0.4) is 0 Å². The summed E-state index contributed by atoms with van der Waals surface area (Å²) in [7, 11) is 0. The van der Waals surface area contributed by atoms with Crippen molar-refractivity contribution in [2.45, 2.75) is 43.5 Å². The highest BCUT2D eigenvalue weighted by molar-refractivity contribution is 6.44. The summed E-state index contributed by atoms with van der Waals surface area (Å²) in [5, 5.41) is 9.18. The fraction of sp³-hybridized carbons (Fsp3) is 1.00. The van der Waals surface area contributed by atoms with Gasteiger partial charge in [0, 0.05) is 6.42 Å². The minimum Gasteiger partial charge on any atom is -0.393 e. The Hall–Kier alpha value is 0.540. The Bertz CT molecular complexity index is 76.0. The molecule has 0 amide bonds. The lowest BCUT2D eigenvalue weighted by Gasteiger charge is -2.08. The highest BCUT2D eigenvalue weighted by atomic mass is 35.5. The SMILES string of the molecule is CCCCC(O)CC(Cl)Cl. The number of hydrogen-bond donors (Lipinski definition) is 1. The van der Waals surface area contributed by atoms with Crippen molar-refractivity contribution in [3.05, 3.63) is 0 Å². The van der Waals surface area contributed by atoms with Gasteiger partial charge in [-0.2, -0.15) is 0 Å². The van der Waals surface area contributed by atoms with Crippen LogP contribution in [0.15, 0.2) is 0 Å². The molecule has 0 aromatic heterocycles. The molecule has 0 aromatic carbocycles. The summed E-state index contributed by atoms with van der Waals surface area (Å²) in [6.07, 6.45) is 3.13. The quantitative estimate of drug-likeness (QED) is 0.653. The molecular weight excluding hydrogens is 171 g/mol. The molecule has 62 valence electrons. The molecule has 10 heavy (non-hydrogen) atoms. The predicted octanol–water partition coefficient (Wildman–Crippen LogP) is 2.73. The zero-order valence-corrected chi connectivity index (χ0v) is 7.70. The highest BCUT2D eigenvalue weighted by Crippen LogP contribution is 2.13. The number of aliphatic hydroxyl groups excluding tert-OH is 1. The first-order chi connectivity index (χ1) is 4.66. The lowest BCUT2D eigenvalue weighted by Crippen LogP contribution is -2.09. The molecule has 0 radical (unpaired) electrons. The van der Waals surface area contributed by atoms with Crippen molar-refractivity contribution in [3.8, 4) is 0 Å². The second-order valence-corrected chi connectivity index (χ2v) is 3.70. The molecule has 0 heterocycles. The number of alkyl halides is 2. The summed E-state index contributed by atoms with van der Waals surface area (Å²) in [6.45, 7) is 2.09. The third kappa shape index (κ3) is 6.66.